The number of ether oxygens (including phenoxy) is 2. The van der Waals surface area contributed by atoms with Crippen LogP contribution in [0.5, 0.6) is 17.4 Å². The molecule has 0 saturated carbocycles. The lowest BCUT2D eigenvalue weighted by atomic mass is 10.2. The van der Waals surface area contributed by atoms with Crippen LogP contribution in [0, 0.1) is 6.92 Å². The Morgan fingerprint density at radius 1 is 1.00 bits per heavy atom. The number of amides is 1. The Morgan fingerprint density at radius 3 is 2.40 bits per heavy atom. The third-order valence-corrected chi connectivity index (χ3v) is 7.41. The predicted octanol–water partition coefficient (Wildman–Crippen LogP) is 3.28. The van der Waals surface area contributed by atoms with Crippen molar-refractivity contribution >= 4 is 27.3 Å². The van der Waals surface area contributed by atoms with E-state index < -0.39 is 21.7 Å². The molecule has 2 aromatic carbocycles. The van der Waals surface area contributed by atoms with Gasteiger partial charge in [-0.3, -0.25) is 4.79 Å². The van der Waals surface area contributed by atoms with E-state index in [4.69, 9.17) is 9.47 Å². The van der Waals surface area contributed by atoms with Gasteiger partial charge in [-0.25, -0.2) is 13.4 Å². The van der Waals surface area contributed by atoms with Gasteiger partial charge in [0.05, 0.1) is 7.11 Å². The number of nitrogens with zero attached hydrogens (tertiary/aromatic N) is 3. The number of hydrogen-bond acceptors (Lipinski definition) is 7. The molecule has 0 aliphatic carbocycles. The number of hydrogen-bond donors (Lipinski definition) is 1. The molecule has 0 atom stereocenters. The first-order chi connectivity index (χ1) is 16.8. The maximum Gasteiger partial charge on any atom is 0.243 e. The van der Waals surface area contributed by atoms with Gasteiger partial charge < -0.3 is 19.7 Å². The number of carbonyl (C=O) groups excluding carboxylic acids is 1. The van der Waals surface area contributed by atoms with Crippen LogP contribution >= 0.6 is 0 Å². The molecule has 2 heterocycles. The van der Waals surface area contributed by atoms with Crippen molar-refractivity contribution in [1.29, 1.82) is 0 Å². The number of methoxy groups -OCH3 is 1. The lowest BCUT2D eigenvalue weighted by molar-refractivity contribution is -0.114. The highest BCUT2D eigenvalue weighted by Crippen LogP contribution is 2.28. The molecule has 0 radical (unpaired) electrons. The van der Waals surface area contributed by atoms with Crippen molar-refractivity contribution in [2.75, 3.05) is 49.3 Å². The van der Waals surface area contributed by atoms with Crippen LogP contribution in [0.2, 0.25) is 0 Å². The second kappa shape index (κ2) is 10.7. The molecule has 35 heavy (non-hydrogen) atoms. The van der Waals surface area contributed by atoms with Crippen LogP contribution in [0.15, 0.2) is 66.9 Å². The number of nitrogens with one attached hydrogen (secondary N) is 1. The standard InChI is InChI=1S/C25H28N4O5S/c1-19-5-3-6-20(17-19)28-13-15-29(16-14-28)35(31,32)18-24(30)27-23-7-4-12-26-25(23)34-22-10-8-21(33-2)9-11-22/h3-12,17H,13-16,18H2,1-2H3,(H,27,30). The maximum atomic E-state index is 12.9. The van der Waals surface area contributed by atoms with E-state index in [1.165, 1.54) is 10.5 Å². The Morgan fingerprint density at radius 2 is 1.71 bits per heavy atom. The van der Waals surface area contributed by atoms with Gasteiger partial charge in [0.1, 0.15) is 22.9 Å². The Hall–Kier alpha value is -3.63. The molecule has 1 amide bonds. The lowest BCUT2D eigenvalue weighted by Gasteiger charge is -2.35. The second-order valence-electron chi connectivity index (χ2n) is 8.16. The van der Waals surface area contributed by atoms with E-state index in [9.17, 15) is 13.2 Å². The van der Waals surface area contributed by atoms with Crippen LogP contribution in [0.4, 0.5) is 11.4 Å². The van der Waals surface area contributed by atoms with Gasteiger partial charge in [0.15, 0.2) is 0 Å². The molecule has 0 unspecified atom stereocenters. The fourth-order valence-electron chi connectivity index (χ4n) is 3.82. The highest BCUT2D eigenvalue weighted by Gasteiger charge is 2.29. The second-order valence-corrected chi connectivity index (χ2v) is 10.1. The molecule has 1 N–H and O–H groups in total. The van der Waals surface area contributed by atoms with Crippen molar-refractivity contribution in [3.63, 3.8) is 0 Å². The molecule has 1 aromatic heterocycles. The number of aromatic nitrogens is 1. The number of anilines is 2. The summed E-state index contributed by atoms with van der Waals surface area (Å²) >= 11 is 0. The fraction of sp³-hybridized carbons (Fsp3) is 0.280. The number of piperazine rings is 1. The summed E-state index contributed by atoms with van der Waals surface area (Å²) in [7, 11) is -2.21. The molecule has 4 rings (SSSR count). The van der Waals surface area contributed by atoms with Crippen molar-refractivity contribution < 1.29 is 22.7 Å². The number of rotatable bonds is 8. The zero-order valence-electron chi connectivity index (χ0n) is 19.7. The van der Waals surface area contributed by atoms with E-state index in [1.807, 2.05) is 25.1 Å². The molecule has 0 spiro atoms. The first kappa shape index (κ1) is 24.5. The van der Waals surface area contributed by atoms with Crippen molar-refractivity contribution in [2.45, 2.75) is 6.92 Å². The minimum atomic E-state index is -3.78. The summed E-state index contributed by atoms with van der Waals surface area (Å²) in [5.41, 5.74) is 2.51. The molecule has 0 bridgehead atoms. The quantitative estimate of drug-likeness (QED) is 0.511. The van der Waals surface area contributed by atoms with Gasteiger partial charge >= 0.3 is 0 Å². The normalized spacial score (nSPS) is 14.4. The van der Waals surface area contributed by atoms with Gasteiger partial charge in [-0.05, 0) is 61.0 Å². The first-order valence-corrected chi connectivity index (χ1v) is 12.8. The Bertz CT molecular complexity index is 1270. The smallest absolute Gasteiger partial charge is 0.243 e. The number of aryl methyl sites for hydroxylation is 1. The molecule has 10 heteroatoms. The Labute approximate surface area is 205 Å². The Balaban J connectivity index is 1.36. The highest BCUT2D eigenvalue weighted by molar-refractivity contribution is 7.89. The van der Waals surface area contributed by atoms with Crippen molar-refractivity contribution in [2.24, 2.45) is 0 Å². The fourth-order valence-corrected chi connectivity index (χ4v) is 5.12. The summed E-state index contributed by atoms with van der Waals surface area (Å²) in [4.78, 5) is 19.0. The van der Waals surface area contributed by atoms with E-state index in [-0.39, 0.29) is 11.6 Å². The Kier molecular flexibility index (Phi) is 7.52. The molecule has 1 fully saturated rings. The lowest BCUT2D eigenvalue weighted by Crippen LogP contribution is -2.50. The number of sulfonamides is 1. The van der Waals surface area contributed by atoms with Crippen molar-refractivity contribution in [3.8, 4) is 17.4 Å². The molecule has 9 nitrogen and oxygen atoms in total. The molecule has 1 saturated heterocycles. The molecular formula is C25H28N4O5S. The van der Waals surface area contributed by atoms with Crippen LogP contribution in [0.1, 0.15) is 5.56 Å². The van der Waals surface area contributed by atoms with E-state index in [2.05, 4.69) is 21.3 Å². The first-order valence-electron chi connectivity index (χ1n) is 11.2. The van der Waals surface area contributed by atoms with E-state index in [0.717, 1.165) is 11.3 Å². The van der Waals surface area contributed by atoms with Crippen molar-refractivity contribution in [3.05, 3.63) is 72.4 Å². The topological polar surface area (TPSA) is 101 Å². The average Bonchev–Trinajstić information content (AvgIpc) is 2.85. The zero-order valence-corrected chi connectivity index (χ0v) is 20.5. The van der Waals surface area contributed by atoms with Gasteiger partial charge in [-0.15, -0.1) is 0 Å². The minimum absolute atomic E-state index is 0.162. The summed E-state index contributed by atoms with van der Waals surface area (Å²) in [6.45, 7) is 3.79. The van der Waals surface area contributed by atoms with Gasteiger partial charge in [0, 0.05) is 38.1 Å². The zero-order chi connectivity index (χ0) is 24.8. The monoisotopic (exact) mass is 496 g/mol. The summed E-state index contributed by atoms with van der Waals surface area (Å²) in [5.74, 6) is 0.0266. The summed E-state index contributed by atoms with van der Waals surface area (Å²) in [5, 5.41) is 2.62. The van der Waals surface area contributed by atoms with Crippen LogP contribution in [-0.2, 0) is 14.8 Å². The summed E-state index contributed by atoms with van der Waals surface area (Å²) in [6, 6.07) is 18.2. The average molecular weight is 497 g/mol. The van der Waals surface area contributed by atoms with Gasteiger partial charge in [0.2, 0.25) is 21.8 Å². The largest absolute Gasteiger partial charge is 0.497 e. The molecule has 184 valence electrons. The molecular weight excluding hydrogens is 468 g/mol. The third kappa shape index (κ3) is 6.28. The van der Waals surface area contributed by atoms with E-state index >= 15 is 0 Å². The minimum Gasteiger partial charge on any atom is -0.497 e. The van der Waals surface area contributed by atoms with E-state index in [1.54, 1.807) is 43.5 Å². The summed E-state index contributed by atoms with van der Waals surface area (Å²) < 4.78 is 38.1. The third-order valence-electron chi connectivity index (χ3n) is 5.63. The predicted molar refractivity (Wildman–Crippen MR) is 135 cm³/mol. The number of carbonyl (C=O) groups is 1. The van der Waals surface area contributed by atoms with Crippen LogP contribution in [-0.4, -0.2) is 62.7 Å². The van der Waals surface area contributed by atoms with Crippen molar-refractivity contribution in [1.82, 2.24) is 9.29 Å². The van der Waals surface area contributed by atoms with Gasteiger partial charge in [-0.1, -0.05) is 12.1 Å². The highest BCUT2D eigenvalue weighted by atomic mass is 32.2. The van der Waals surface area contributed by atoms with E-state index in [0.29, 0.717) is 37.7 Å². The maximum absolute atomic E-state index is 12.9. The van der Waals surface area contributed by atoms with Crippen LogP contribution < -0.4 is 19.7 Å². The number of pyridine rings is 1. The number of benzene rings is 2. The SMILES string of the molecule is COc1ccc(Oc2ncccc2NC(=O)CS(=O)(=O)N2CCN(c3cccc(C)c3)CC2)cc1. The van der Waals surface area contributed by atoms with Crippen LogP contribution in [0.3, 0.4) is 0 Å². The van der Waals surface area contributed by atoms with Gasteiger partial charge in [-0.2, -0.15) is 4.31 Å². The molecule has 1 aliphatic heterocycles. The van der Waals surface area contributed by atoms with Gasteiger partial charge in [0.25, 0.3) is 0 Å². The summed E-state index contributed by atoms with van der Waals surface area (Å²) in [6.07, 6.45) is 1.53. The molecule has 3 aromatic rings. The molecule has 1 aliphatic rings. The van der Waals surface area contributed by atoms with Crippen LogP contribution in [0.25, 0.3) is 0 Å².